The Morgan fingerprint density at radius 1 is 1.28 bits per heavy atom. The smallest absolute Gasteiger partial charge is 0.407 e. The summed E-state index contributed by atoms with van der Waals surface area (Å²) in [5.74, 6) is 0. The van der Waals surface area contributed by atoms with Gasteiger partial charge in [0.05, 0.1) is 12.6 Å². The topological polar surface area (TPSA) is 78.8 Å². The Labute approximate surface area is 110 Å². The molecule has 0 spiro atoms. The van der Waals surface area contributed by atoms with Crippen LogP contribution < -0.4 is 5.32 Å². The number of hydrogen-bond donors (Lipinski definition) is 3. The molecule has 1 unspecified atom stereocenters. The van der Waals surface area contributed by atoms with E-state index in [-0.39, 0.29) is 19.3 Å². The van der Waals surface area contributed by atoms with Crippen molar-refractivity contribution < 1.29 is 19.7 Å². The fourth-order valence-electron chi connectivity index (χ4n) is 1.02. The lowest BCUT2D eigenvalue weighted by molar-refractivity contribution is 0.0476. The number of hydrogen-bond acceptors (Lipinski definition) is 4. The van der Waals surface area contributed by atoms with Crippen LogP contribution in [0.25, 0.3) is 0 Å². The SMILES string of the molecule is C1CC1.CC(C)(C)OC(=O)NC(CO)CCCO. The summed E-state index contributed by atoms with van der Waals surface area (Å²) in [4.78, 5) is 11.3. The van der Waals surface area contributed by atoms with Gasteiger partial charge in [0.25, 0.3) is 0 Å². The van der Waals surface area contributed by atoms with Crippen LogP contribution in [0.5, 0.6) is 0 Å². The Kier molecular flexibility index (Phi) is 8.75. The fourth-order valence-corrected chi connectivity index (χ4v) is 1.02. The minimum atomic E-state index is -0.542. The second-order valence-corrected chi connectivity index (χ2v) is 5.45. The molecule has 5 nitrogen and oxygen atoms in total. The third kappa shape index (κ3) is 13.3. The zero-order chi connectivity index (χ0) is 14.0. The molecular weight excluding hydrogens is 234 g/mol. The van der Waals surface area contributed by atoms with E-state index in [4.69, 9.17) is 14.9 Å². The molecule has 0 bridgehead atoms. The van der Waals surface area contributed by atoms with E-state index in [2.05, 4.69) is 5.32 Å². The zero-order valence-corrected chi connectivity index (χ0v) is 11.7. The van der Waals surface area contributed by atoms with Gasteiger partial charge in [-0.2, -0.15) is 0 Å². The molecule has 0 aromatic heterocycles. The number of nitrogens with one attached hydrogen (secondary N) is 1. The molecule has 1 aliphatic rings. The van der Waals surface area contributed by atoms with Crippen molar-refractivity contribution in [2.24, 2.45) is 0 Å². The van der Waals surface area contributed by atoms with Gasteiger partial charge in [-0.1, -0.05) is 19.3 Å². The van der Waals surface area contributed by atoms with E-state index in [1.54, 1.807) is 20.8 Å². The van der Waals surface area contributed by atoms with Crippen LogP contribution >= 0.6 is 0 Å². The summed E-state index contributed by atoms with van der Waals surface area (Å²) >= 11 is 0. The van der Waals surface area contributed by atoms with Gasteiger partial charge in [-0.3, -0.25) is 0 Å². The second kappa shape index (κ2) is 9.16. The quantitative estimate of drug-likeness (QED) is 0.705. The van der Waals surface area contributed by atoms with E-state index in [9.17, 15) is 4.79 Å². The monoisotopic (exact) mass is 261 g/mol. The average Bonchev–Trinajstić information content (AvgIpc) is 3.08. The van der Waals surface area contributed by atoms with Gasteiger partial charge in [0.1, 0.15) is 5.60 Å². The Balaban J connectivity index is 0.000000827. The first kappa shape index (κ1) is 17.2. The standard InChI is InChI=1S/C10H21NO4.C3H6/c1-10(2,3)15-9(14)11-8(7-13)5-4-6-12;1-2-3-1/h8,12-13H,4-7H2,1-3H3,(H,11,14);1-3H2. The van der Waals surface area contributed by atoms with Crippen LogP contribution in [0.2, 0.25) is 0 Å². The summed E-state index contributed by atoms with van der Waals surface area (Å²) in [6.07, 6.45) is 5.03. The number of amides is 1. The molecule has 0 aromatic rings. The molecule has 1 atom stereocenters. The van der Waals surface area contributed by atoms with Crippen molar-refractivity contribution >= 4 is 6.09 Å². The molecule has 0 aromatic carbocycles. The van der Waals surface area contributed by atoms with E-state index in [0.717, 1.165) is 0 Å². The lowest BCUT2D eigenvalue weighted by Crippen LogP contribution is -2.41. The second-order valence-electron chi connectivity index (χ2n) is 5.45. The highest BCUT2D eigenvalue weighted by Crippen LogP contribution is 2.14. The van der Waals surface area contributed by atoms with Gasteiger partial charge in [-0.05, 0) is 33.6 Å². The van der Waals surface area contributed by atoms with Gasteiger partial charge in [0.15, 0.2) is 0 Å². The zero-order valence-electron chi connectivity index (χ0n) is 11.7. The maximum absolute atomic E-state index is 11.3. The van der Waals surface area contributed by atoms with Crippen LogP contribution in [0, 0.1) is 0 Å². The van der Waals surface area contributed by atoms with Crippen LogP contribution in [0.1, 0.15) is 52.9 Å². The van der Waals surface area contributed by atoms with E-state index in [0.29, 0.717) is 12.8 Å². The third-order valence-corrected chi connectivity index (χ3v) is 2.01. The molecule has 1 fully saturated rings. The predicted octanol–water partition coefficient (Wildman–Crippen LogP) is 1.81. The van der Waals surface area contributed by atoms with Gasteiger partial charge >= 0.3 is 6.09 Å². The molecule has 3 N–H and O–H groups in total. The molecule has 108 valence electrons. The highest BCUT2D eigenvalue weighted by Gasteiger charge is 2.18. The number of carbonyl (C=O) groups is 1. The molecule has 0 aliphatic heterocycles. The molecule has 0 heterocycles. The van der Waals surface area contributed by atoms with Crippen molar-refractivity contribution in [1.29, 1.82) is 0 Å². The number of ether oxygens (including phenoxy) is 1. The van der Waals surface area contributed by atoms with Gasteiger partial charge in [0.2, 0.25) is 0 Å². The fraction of sp³-hybridized carbons (Fsp3) is 0.923. The van der Waals surface area contributed by atoms with Gasteiger partial charge in [-0.25, -0.2) is 4.79 Å². The average molecular weight is 261 g/mol. The van der Waals surface area contributed by atoms with Crippen LogP contribution in [-0.4, -0.2) is 41.2 Å². The van der Waals surface area contributed by atoms with Crippen LogP contribution in [0.3, 0.4) is 0 Å². The van der Waals surface area contributed by atoms with E-state index in [1.165, 1.54) is 19.3 Å². The van der Waals surface area contributed by atoms with E-state index < -0.39 is 11.7 Å². The first-order valence-electron chi connectivity index (χ1n) is 6.60. The number of alkyl carbamates (subject to hydrolysis) is 1. The summed E-state index contributed by atoms with van der Waals surface area (Å²) in [5, 5.41) is 20.1. The molecule has 1 amide bonds. The number of rotatable bonds is 5. The molecule has 5 heteroatoms. The van der Waals surface area contributed by atoms with Crippen LogP contribution in [0.15, 0.2) is 0 Å². The molecule has 18 heavy (non-hydrogen) atoms. The Morgan fingerprint density at radius 2 is 1.83 bits per heavy atom. The van der Waals surface area contributed by atoms with Crippen molar-refractivity contribution in [3.05, 3.63) is 0 Å². The summed E-state index contributed by atoms with van der Waals surface area (Å²) in [5.41, 5.74) is -0.541. The van der Waals surface area contributed by atoms with Gasteiger partial charge < -0.3 is 20.3 Å². The van der Waals surface area contributed by atoms with E-state index >= 15 is 0 Å². The number of aliphatic hydroxyl groups excluding tert-OH is 2. The molecule has 1 aliphatic carbocycles. The molecule has 0 saturated heterocycles. The van der Waals surface area contributed by atoms with Gasteiger partial charge in [0, 0.05) is 6.61 Å². The first-order valence-corrected chi connectivity index (χ1v) is 6.60. The Hall–Kier alpha value is -0.810. The summed E-state index contributed by atoms with van der Waals surface area (Å²) in [6, 6.07) is -0.355. The predicted molar refractivity (Wildman–Crippen MR) is 70.4 cm³/mol. The highest BCUT2D eigenvalue weighted by molar-refractivity contribution is 5.68. The third-order valence-electron chi connectivity index (χ3n) is 2.01. The highest BCUT2D eigenvalue weighted by atomic mass is 16.6. The molecule has 1 saturated carbocycles. The minimum Gasteiger partial charge on any atom is -0.444 e. The van der Waals surface area contributed by atoms with Gasteiger partial charge in [-0.15, -0.1) is 0 Å². The van der Waals surface area contributed by atoms with Crippen molar-refractivity contribution in [1.82, 2.24) is 5.32 Å². The van der Waals surface area contributed by atoms with Crippen LogP contribution in [-0.2, 0) is 4.74 Å². The lowest BCUT2D eigenvalue weighted by Gasteiger charge is -2.22. The summed E-state index contributed by atoms with van der Waals surface area (Å²) in [6.45, 7) is 5.21. The largest absolute Gasteiger partial charge is 0.444 e. The Morgan fingerprint density at radius 3 is 2.17 bits per heavy atom. The summed E-state index contributed by atoms with van der Waals surface area (Å²) < 4.78 is 5.03. The van der Waals surface area contributed by atoms with E-state index in [1.807, 2.05) is 0 Å². The van der Waals surface area contributed by atoms with Crippen molar-refractivity contribution in [2.45, 2.75) is 64.5 Å². The van der Waals surface area contributed by atoms with Crippen molar-refractivity contribution in [3.63, 3.8) is 0 Å². The molecule has 1 rings (SSSR count). The summed E-state index contributed by atoms with van der Waals surface area (Å²) in [7, 11) is 0. The maximum atomic E-state index is 11.3. The maximum Gasteiger partial charge on any atom is 0.407 e. The molecular formula is C13H27NO4. The van der Waals surface area contributed by atoms with Crippen LogP contribution in [0.4, 0.5) is 4.79 Å². The lowest BCUT2D eigenvalue weighted by atomic mass is 10.2. The Bertz CT molecular complexity index is 221. The molecule has 0 radical (unpaired) electrons. The normalized spacial score (nSPS) is 15.2. The van der Waals surface area contributed by atoms with Crippen molar-refractivity contribution in [3.8, 4) is 0 Å². The number of carbonyl (C=O) groups excluding carboxylic acids is 1. The van der Waals surface area contributed by atoms with Crippen molar-refractivity contribution in [2.75, 3.05) is 13.2 Å². The number of aliphatic hydroxyl groups is 2. The minimum absolute atomic E-state index is 0.0481. The first-order chi connectivity index (χ1) is 8.39.